The molecule has 4 bridgehead atoms. The van der Waals surface area contributed by atoms with Crippen LogP contribution in [0, 0.1) is 0 Å². The number of rotatable bonds is 2. The summed E-state index contributed by atoms with van der Waals surface area (Å²) in [7, 11) is -5.29. The number of aromatic amines is 1. The smallest absolute Gasteiger partial charge is 0.330 e. The highest BCUT2D eigenvalue weighted by molar-refractivity contribution is 8.06. The Balaban J connectivity index is 1.34. The molecule has 5 N–H and O–H groups in total. The Morgan fingerprint density at radius 3 is 2.33 bits per heavy atom. The maximum atomic E-state index is 13.2. The van der Waals surface area contributed by atoms with Crippen LogP contribution in [0.3, 0.4) is 0 Å². The number of hydrogen-bond donors (Lipinski definition) is 4. The minimum Gasteiger partial charge on any atom is -0.780 e. The van der Waals surface area contributed by atoms with Crippen LogP contribution in [0.4, 0.5) is 5.82 Å². The number of phosphoric ester groups is 1. The van der Waals surface area contributed by atoms with Crippen molar-refractivity contribution in [3.05, 3.63) is 45.8 Å². The second-order valence-corrected chi connectivity index (χ2v) is 13.4. The van der Waals surface area contributed by atoms with Gasteiger partial charge in [-0.15, -0.1) is 0 Å². The molecular weight excluding hydrogens is 628 g/mol. The van der Waals surface area contributed by atoms with E-state index in [1.54, 1.807) is 0 Å². The Labute approximate surface area is 238 Å². The number of phosphoric acid groups is 1. The quantitative estimate of drug-likeness (QED) is 0.195. The van der Waals surface area contributed by atoms with Crippen molar-refractivity contribution in [3.8, 4) is 0 Å². The molecule has 42 heavy (non-hydrogen) atoms. The van der Waals surface area contributed by atoms with Gasteiger partial charge in [0, 0.05) is 12.3 Å². The molecule has 0 aliphatic carbocycles. The van der Waals surface area contributed by atoms with Crippen molar-refractivity contribution in [2.75, 3.05) is 18.9 Å². The summed E-state index contributed by atoms with van der Waals surface area (Å²) < 4.78 is 47.3. The van der Waals surface area contributed by atoms with Crippen LogP contribution >= 0.6 is 14.5 Å². The van der Waals surface area contributed by atoms with Gasteiger partial charge in [0.15, 0.2) is 23.9 Å². The number of nitrogens with one attached hydrogen (secondary N) is 1. The number of fused-ring (bicyclic) bond motifs is 5. The van der Waals surface area contributed by atoms with Crippen LogP contribution in [-0.4, -0.2) is 89.1 Å². The Bertz CT molecular complexity index is 1720. The number of H-pyrrole nitrogens is 1. The summed E-state index contributed by atoms with van der Waals surface area (Å²) in [5.74, 6) is 0.0195. The van der Waals surface area contributed by atoms with Gasteiger partial charge in [0.1, 0.15) is 55.2 Å². The number of nitrogen functional groups attached to an aromatic ring is 1. The first kappa shape index (κ1) is 29.6. The average molecular weight is 649 g/mol. The van der Waals surface area contributed by atoms with Gasteiger partial charge in [0.25, 0.3) is 13.4 Å². The summed E-state index contributed by atoms with van der Waals surface area (Å²) >= 11 is 4.99. The summed E-state index contributed by atoms with van der Waals surface area (Å²) in [5.41, 5.74) is 4.38. The number of aromatic nitrogens is 6. The van der Waals surface area contributed by atoms with Crippen molar-refractivity contribution in [2.24, 2.45) is 0 Å². The zero-order valence-electron chi connectivity index (χ0n) is 20.8. The van der Waals surface area contributed by atoms with Crippen LogP contribution in [0.25, 0.3) is 11.2 Å². The molecule has 3 fully saturated rings. The van der Waals surface area contributed by atoms with Crippen molar-refractivity contribution in [3.63, 3.8) is 0 Å². The predicted octanol–water partition coefficient (Wildman–Crippen LogP) is -3.65. The molecule has 20 nitrogen and oxygen atoms in total. The van der Waals surface area contributed by atoms with Crippen molar-refractivity contribution in [2.45, 2.75) is 49.1 Å². The van der Waals surface area contributed by atoms with Gasteiger partial charge in [-0.1, -0.05) is 11.8 Å². The van der Waals surface area contributed by atoms with E-state index in [0.29, 0.717) is 0 Å². The molecule has 0 amide bonds. The molecule has 6 heterocycles. The van der Waals surface area contributed by atoms with Gasteiger partial charge in [-0.3, -0.25) is 23.5 Å². The van der Waals surface area contributed by atoms with E-state index in [1.807, 2.05) is 4.98 Å². The number of aliphatic hydroxyl groups excluding tert-OH is 2. The monoisotopic (exact) mass is 649 g/mol. The maximum Gasteiger partial charge on any atom is 0.330 e. The van der Waals surface area contributed by atoms with Crippen molar-refractivity contribution in [1.82, 2.24) is 29.1 Å². The second kappa shape index (κ2) is 10.9. The van der Waals surface area contributed by atoms with Crippen molar-refractivity contribution >= 4 is 43.3 Å². The summed E-state index contributed by atoms with van der Waals surface area (Å²) in [6, 6.07) is 0.972. The average Bonchev–Trinajstić information content (AvgIpc) is 3.57. The van der Waals surface area contributed by atoms with E-state index >= 15 is 0 Å². The molecule has 0 saturated carbocycles. The molecule has 3 aromatic rings. The molecule has 0 spiro atoms. The molecule has 3 aliphatic rings. The molecule has 10 atom stereocenters. The summed E-state index contributed by atoms with van der Waals surface area (Å²) in [6.45, 7) is -6.11. The first-order chi connectivity index (χ1) is 19.8. The maximum absolute atomic E-state index is 13.2. The molecule has 3 aliphatic heterocycles. The Morgan fingerprint density at radius 2 is 1.64 bits per heavy atom. The summed E-state index contributed by atoms with van der Waals surface area (Å²) in [6.07, 6.45) is -9.32. The molecule has 0 aromatic carbocycles. The number of aliphatic hydroxyl groups is 2. The predicted molar refractivity (Wildman–Crippen MR) is 134 cm³/mol. The van der Waals surface area contributed by atoms with Gasteiger partial charge >= 0.3 is 5.69 Å². The number of ether oxygens (including phenoxy) is 2. The van der Waals surface area contributed by atoms with Crippen LogP contribution in [-0.2, 0) is 43.9 Å². The van der Waals surface area contributed by atoms with Gasteiger partial charge < -0.3 is 53.3 Å². The SMILES string of the molecule is Nc1ncnc2c1ncn2[C@@H]1O[C@@H]2COP([O-])(=S)O[C@@H]3[C@H](O)[C@@H](COP(=O)([O-])O[C@@H]1[C@@H]2O)O[C@H]3n1ccc(=O)[nH]c1=O. The van der Waals surface area contributed by atoms with E-state index < -0.39 is 88.1 Å². The largest absolute Gasteiger partial charge is 0.780 e. The lowest BCUT2D eigenvalue weighted by Crippen LogP contribution is -2.40. The third kappa shape index (κ3) is 5.48. The zero-order chi connectivity index (χ0) is 30.0. The fourth-order valence-corrected chi connectivity index (χ4v) is 7.07. The first-order valence-corrected chi connectivity index (χ1v) is 16.0. The fraction of sp³-hybridized carbons (Fsp3) is 0.526. The van der Waals surface area contributed by atoms with E-state index in [2.05, 4.69) is 15.0 Å². The third-order valence-electron chi connectivity index (χ3n) is 6.71. The van der Waals surface area contributed by atoms with E-state index in [4.69, 9.17) is 45.1 Å². The number of anilines is 1. The van der Waals surface area contributed by atoms with Gasteiger partial charge in [-0.2, -0.15) is 0 Å². The van der Waals surface area contributed by atoms with Gasteiger partial charge in [0.05, 0.1) is 19.5 Å². The highest BCUT2D eigenvalue weighted by Gasteiger charge is 2.51. The summed E-state index contributed by atoms with van der Waals surface area (Å²) in [4.78, 5) is 64.0. The molecule has 0 radical (unpaired) electrons. The molecular formula is C19H21N7O13P2S-2. The Morgan fingerprint density at radius 1 is 1.00 bits per heavy atom. The lowest BCUT2D eigenvalue weighted by molar-refractivity contribution is -0.237. The fourth-order valence-electron chi connectivity index (χ4n) is 4.76. The highest BCUT2D eigenvalue weighted by atomic mass is 32.5. The topological polar surface area (TPSA) is 284 Å². The van der Waals surface area contributed by atoms with Crippen LogP contribution in [0.5, 0.6) is 0 Å². The van der Waals surface area contributed by atoms with Crippen molar-refractivity contribution in [1.29, 1.82) is 0 Å². The van der Waals surface area contributed by atoms with Crippen molar-refractivity contribution < 1.29 is 52.1 Å². The van der Waals surface area contributed by atoms with Crippen LogP contribution < -0.4 is 26.8 Å². The van der Waals surface area contributed by atoms with E-state index in [0.717, 1.165) is 23.2 Å². The normalized spacial score (nSPS) is 39.3. The second-order valence-electron chi connectivity index (χ2n) is 9.34. The van der Waals surface area contributed by atoms with Gasteiger partial charge in [-0.05, 0) is 0 Å². The zero-order valence-corrected chi connectivity index (χ0v) is 23.4. The van der Waals surface area contributed by atoms with Crippen LogP contribution in [0.1, 0.15) is 12.5 Å². The molecule has 3 saturated heterocycles. The Kier molecular flexibility index (Phi) is 7.67. The van der Waals surface area contributed by atoms with Gasteiger partial charge in [-0.25, -0.2) is 19.7 Å². The molecule has 3 aromatic heterocycles. The van der Waals surface area contributed by atoms with E-state index in [-0.39, 0.29) is 17.0 Å². The molecule has 6 rings (SSSR count). The highest BCUT2D eigenvalue weighted by Crippen LogP contribution is 2.50. The number of imidazole rings is 1. The van der Waals surface area contributed by atoms with E-state index in [1.165, 1.54) is 10.9 Å². The standard InChI is InChI=1S/C19H23N7O13P2S/c20-15-10-16(22-5-21-15)26(6-23-10)18-13-11(28)8(37-18)4-35-41(33,42)39-14-12(29)7(3-34-40(31,32)38-13)36-17(14)25-2-1-9(27)24-19(25)30/h1-2,5-8,11-14,17-18,28-29H,3-4H2,(H,31,32)(H,33,42)(H2,20,21,22)(H,24,27,30)/p-2/t7-,8-,11-,12-,13-,14-,17-,18-,41?/m1/s1. The lowest BCUT2D eigenvalue weighted by Gasteiger charge is -2.34. The molecule has 228 valence electrons. The minimum absolute atomic E-state index is 0.0195. The third-order valence-corrected chi connectivity index (χ3v) is 9.22. The molecule has 23 heteroatoms. The van der Waals surface area contributed by atoms with Gasteiger partial charge in [0.2, 0.25) is 0 Å². The van der Waals surface area contributed by atoms with E-state index in [9.17, 15) is 34.2 Å². The van der Waals surface area contributed by atoms with Crippen LogP contribution in [0.15, 0.2) is 34.5 Å². The Hall–Kier alpha value is -2.49. The summed E-state index contributed by atoms with van der Waals surface area (Å²) in [5, 5.41) is 21.9. The number of hydrogen-bond acceptors (Lipinski definition) is 18. The van der Waals surface area contributed by atoms with Crippen LogP contribution in [0.2, 0.25) is 0 Å². The lowest BCUT2D eigenvalue weighted by atomic mass is 10.1. The number of nitrogens with two attached hydrogens (primary N) is 1. The first-order valence-electron chi connectivity index (χ1n) is 12.0. The molecule has 2 unspecified atom stereocenters. The number of nitrogens with zero attached hydrogens (tertiary/aromatic N) is 5. The minimum atomic E-state index is -5.29.